The topological polar surface area (TPSA) is 72.2 Å². The van der Waals surface area contributed by atoms with E-state index in [1.165, 1.54) is 19.1 Å². The lowest BCUT2D eigenvalue weighted by atomic mass is 9.97. The molecule has 4 nitrogen and oxygen atoms in total. The van der Waals surface area contributed by atoms with E-state index in [9.17, 15) is 8.42 Å². The van der Waals surface area contributed by atoms with Crippen molar-refractivity contribution in [2.45, 2.75) is 44.0 Å². The molecule has 0 saturated carbocycles. The zero-order chi connectivity index (χ0) is 15.7. The van der Waals surface area contributed by atoms with Gasteiger partial charge in [-0.25, -0.2) is 8.42 Å². The molecule has 1 atom stereocenters. The van der Waals surface area contributed by atoms with Crippen LogP contribution in [0.15, 0.2) is 29.2 Å². The molecule has 0 heterocycles. The average molecular weight is 312 g/mol. The van der Waals surface area contributed by atoms with Gasteiger partial charge < -0.3 is 11.1 Å². The van der Waals surface area contributed by atoms with Gasteiger partial charge in [-0.05, 0) is 56.0 Å². The molecule has 0 aliphatic heterocycles. The molecule has 0 aliphatic carbocycles. The Hall–Kier alpha value is -0.910. The Kier molecular flexibility index (Phi) is 7.93. The number of nitrogens with one attached hydrogen (secondary N) is 1. The maximum absolute atomic E-state index is 11.4. The van der Waals surface area contributed by atoms with E-state index in [2.05, 4.69) is 12.2 Å². The average Bonchev–Trinajstić information content (AvgIpc) is 2.45. The van der Waals surface area contributed by atoms with Gasteiger partial charge in [0.1, 0.15) is 0 Å². The third-order valence-electron chi connectivity index (χ3n) is 3.80. The summed E-state index contributed by atoms with van der Waals surface area (Å²) in [5, 5.41) is 3.40. The van der Waals surface area contributed by atoms with E-state index >= 15 is 0 Å². The van der Waals surface area contributed by atoms with Crippen LogP contribution in [0.5, 0.6) is 0 Å². The fourth-order valence-electron chi connectivity index (χ4n) is 2.39. The Morgan fingerprint density at radius 2 is 1.86 bits per heavy atom. The normalized spacial score (nSPS) is 13.3. The van der Waals surface area contributed by atoms with E-state index in [0.29, 0.717) is 4.90 Å². The maximum Gasteiger partial charge on any atom is 0.175 e. The molecule has 0 radical (unpaired) electrons. The quantitative estimate of drug-likeness (QED) is 0.650. The number of benzene rings is 1. The van der Waals surface area contributed by atoms with Gasteiger partial charge in [0.15, 0.2) is 9.84 Å². The van der Waals surface area contributed by atoms with E-state index in [1.54, 1.807) is 12.1 Å². The van der Waals surface area contributed by atoms with Crippen molar-refractivity contribution in [2.24, 2.45) is 11.7 Å². The molecule has 1 aromatic carbocycles. The summed E-state index contributed by atoms with van der Waals surface area (Å²) in [7, 11) is -3.10. The van der Waals surface area contributed by atoms with Gasteiger partial charge in [-0.15, -0.1) is 0 Å². The molecular weight excluding hydrogens is 284 g/mol. The van der Waals surface area contributed by atoms with E-state index in [0.717, 1.165) is 44.0 Å². The summed E-state index contributed by atoms with van der Waals surface area (Å²) in [6.45, 7) is 4.75. The summed E-state index contributed by atoms with van der Waals surface area (Å²) in [5.41, 5.74) is 6.70. The van der Waals surface area contributed by atoms with Crippen LogP contribution in [-0.4, -0.2) is 27.8 Å². The first-order valence-electron chi connectivity index (χ1n) is 7.67. The van der Waals surface area contributed by atoms with Crippen molar-refractivity contribution in [3.05, 3.63) is 29.8 Å². The van der Waals surface area contributed by atoms with Crippen molar-refractivity contribution in [3.8, 4) is 0 Å². The standard InChI is InChI=1S/C16H28N2O2S/c1-3-14(10-11-17)5-4-12-18-13-15-6-8-16(9-7-15)21(2,19)20/h6-9,14,18H,3-5,10-13,17H2,1-2H3. The van der Waals surface area contributed by atoms with Gasteiger partial charge in [0.2, 0.25) is 0 Å². The highest BCUT2D eigenvalue weighted by atomic mass is 32.2. The third-order valence-corrected chi connectivity index (χ3v) is 4.93. The molecule has 21 heavy (non-hydrogen) atoms. The molecule has 0 spiro atoms. The first kappa shape index (κ1) is 18.1. The second kappa shape index (κ2) is 9.18. The molecular formula is C16H28N2O2S. The fraction of sp³-hybridized carbons (Fsp3) is 0.625. The fourth-order valence-corrected chi connectivity index (χ4v) is 3.02. The predicted octanol–water partition coefficient (Wildman–Crippen LogP) is 2.33. The molecule has 0 saturated heterocycles. The maximum atomic E-state index is 11.4. The Bertz CT molecular complexity index is 498. The number of sulfone groups is 1. The van der Waals surface area contributed by atoms with Gasteiger partial charge in [0.05, 0.1) is 4.90 Å². The van der Waals surface area contributed by atoms with Crippen molar-refractivity contribution >= 4 is 9.84 Å². The van der Waals surface area contributed by atoms with Crippen LogP contribution in [0.4, 0.5) is 0 Å². The number of hydrogen-bond acceptors (Lipinski definition) is 4. The molecule has 1 aromatic rings. The Labute approximate surface area is 129 Å². The SMILES string of the molecule is CCC(CCN)CCCNCc1ccc(S(C)(=O)=O)cc1. The van der Waals surface area contributed by atoms with Crippen molar-refractivity contribution in [3.63, 3.8) is 0 Å². The van der Waals surface area contributed by atoms with Crippen molar-refractivity contribution in [2.75, 3.05) is 19.3 Å². The third kappa shape index (κ3) is 7.07. The lowest BCUT2D eigenvalue weighted by Gasteiger charge is -2.13. The molecule has 0 bridgehead atoms. The van der Waals surface area contributed by atoms with Crippen LogP contribution >= 0.6 is 0 Å². The highest BCUT2D eigenvalue weighted by molar-refractivity contribution is 7.90. The molecule has 0 aromatic heterocycles. The van der Waals surface area contributed by atoms with E-state index < -0.39 is 9.84 Å². The minimum Gasteiger partial charge on any atom is -0.330 e. The van der Waals surface area contributed by atoms with E-state index in [4.69, 9.17) is 5.73 Å². The second-order valence-corrected chi connectivity index (χ2v) is 7.60. The van der Waals surface area contributed by atoms with E-state index in [-0.39, 0.29) is 0 Å². The lowest BCUT2D eigenvalue weighted by Crippen LogP contribution is -2.16. The van der Waals surface area contributed by atoms with Crippen LogP contribution in [0.3, 0.4) is 0 Å². The minimum absolute atomic E-state index is 0.374. The molecule has 0 aliphatic rings. The summed E-state index contributed by atoms with van der Waals surface area (Å²) in [5.74, 6) is 0.742. The largest absolute Gasteiger partial charge is 0.330 e. The van der Waals surface area contributed by atoms with Crippen LogP contribution in [0.25, 0.3) is 0 Å². The van der Waals surface area contributed by atoms with Crippen LogP contribution in [0.1, 0.15) is 38.2 Å². The molecule has 0 amide bonds. The summed E-state index contributed by atoms with van der Waals surface area (Å²) in [6.07, 6.45) is 5.91. The monoisotopic (exact) mass is 312 g/mol. The smallest absolute Gasteiger partial charge is 0.175 e. The predicted molar refractivity (Wildman–Crippen MR) is 87.9 cm³/mol. The zero-order valence-electron chi connectivity index (χ0n) is 13.1. The Morgan fingerprint density at radius 3 is 2.38 bits per heavy atom. The summed E-state index contributed by atoms with van der Waals surface area (Å²) >= 11 is 0. The van der Waals surface area contributed by atoms with Gasteiger partial charge in [-0.2, -0.15) is 0 Å². The van der Waals surface area contributed by atoms with Crippen LogP contribution < -0.4 is 11.1 Å². The highest BCUT2D eigenvalue weighted by Gasteiger charge is 2.06. The van der Waals surface area contributed by atoms with Gasteiger partial charge >= 0.3 is 0 Å². The number of hydrogen-bond donors (Lipinski definition) is 2. The van der Waals surface area contributed by atoms with E-state index in [1.807, 2.05) is 12.1 Å². The minimum atomic E-state index is -3.10. The molecule has 0 fully saturated rings. The first-order valence-corrected chi connectivity index (χ1v) is 9.56. The first-order chi connectivity index (χ1) is 9.97. The van der Waals surface area contributed by atoms with Crippen molar-refractivity contribution in [1.29, 1.82) is 0 Å². The summed E-state index contributed by atoms with van der Waals surface area (Å²) in [6, 6.07) is 7.07. The van der Waals surface area contributed by atoms with Gasteiger partial charge in [0, 0.05) is 12.8 Å². The molecule has 120 valence electrons. The molecule has 1 unspecified atom stereocenters. The number of rotatable bonds is 10. The molecule has 1 rings (SSSR count). The lowest BCUT2D eigenvalue weighted by molar-refractivity contribution is 0.422. The van der Waals surface area contributed by atoms with Gasteiger partial charge in [0.25, 0.3) is 0 Å². The van der Waals surface area contributed by atoms with Crippen LogP contribution in [0, 0.1) is 5.92 Å². The zero-order valence-corrected chi connectivity index (χ0v) is 14.0. The van der Waals surface area contributed by atoms with Crippen LogP contribution in [0.2, 0.25) is 0 Å². The van der Waals surface area contributed by atoms with Gasteiger partial charge in [-0.3, -0.25) is 0 Å². The second-order valence-electron chi connectivity index (χ2n) is 5.59. The summed E-state index contributed by atoms with van der Waals surface area (Å²) in [4.78, 5) is 0.374. The molecule has 3 N–H and O–H groups in total. The van der Waals surface area contributed by atoms with Crippen molar-refractivity contribution in [1.82, 2.24) is 5.32 Å². The Balaban J connectivity index is 2.27. The van der Waals surface area contributed by atoms with Crippen molar-refractivity contribution < 1.29 is 8.42 Å². The highest BCUT2D eigenvalue weighted by Crippen LogP contribution is 2.14. The molecule has 5 heteroatoms. The Morgan fingerprint density at radius 1 is 1.19 bits per heavy atom. The van der Waals surface area contributed by atoms with Crippen LogP contribution in [-0.2, 0) is 16.4 Å². The number of nitrogens with two attached hydrogens (primary N) is 1. The van der Waals surface area contributed by atoms with Gasteiger partial charge in [-0.1, -0.05) is 25.5 Å². The summed E-state index contributed by atoms with van der Waals surface area (Å²) < 4.78 is 22.7.